The van der Waals surface area contributed by atoms with Crippen molar-refractivity contribution in [3.8, 4) is 0 Å². The number of aliphatic hydroxyl groups is 1. The predicted molar refractivity (Wildman–Crippen MR) is 77.3 cm³/mol. The lowest BCUT2D eigenvalue weighted by Crippen LogP contribution is -2.44. The molecule has 108 valence electrons. The highest BCUT2D eigenvalue weighted by atomic mass is 35.5. The molecule has 0 unspecified atom stereocenters. The Balaban J connectivity index is 2.05. The summed E-state index contributed by atoms with van der Waals surface area (Å²) in [6.45, 7) is 1.84. The number of nitrogens with one attached hydrogen (secondary N) is 1. The summed E-state index contributed by atoms with van der Waals surface area (Å²) >= 11 is 6.93. The van der Waals surface area contributed by atoms with Crippen LogP contribution in [0.2, 0.25) is 4.34 Å². The summed E-state index contributed by atoms with van der Waals surface area (Å²) in [4.78, 5) is 0. The minimum Gasteiger partial charge on any atom is -0.389 e. The van der Waals surface area contributed by atoms with Gasteiger partial charge in [-0.05, 0) is 31.4 Å². The molecular weight excluding hydrogens is 306 g/mol. The van der Waals surface area contributed by atoms with Gasteiger partial charge in [-0.3, -0.25) is 0 Å². The number of hydrogen-bond acceptors (Lipinski definition) is 4. The Kier molecular flexibility index (Phi) is 4.57. The third-order valence-corrected chi connectivity index (χ3v) is 6.90. The molecule has 0 atom stereocenters. The summed E-state index contributed by atoms with van der Waals surface area (Å²) in [7, 11) is -3.58. The van der Waals surface area contributed by atoms with Crippen LogP contribution in [0.1, 0.15) is 37.7 Å². The summed E-state index contributed by atoms with van der Waals surface area (Å²) in [5.74, 6) is 0. The molecule has 1 aliphatic rings. The van der Waals surface area contributed by atoms with Crippen LogP contribution in [0.4, 0.5) is 0 Å². The van der Waals surface area contributed by atoms with Crippen molar-refractivity contribution in [2.45, 2.75) is 48.8 Å². The van der Waals surface area contributed by atoms with E-state index < -0.39 is 15.6 Å². The lowest BCUT2D eigenvalue weighted by Gasteiger charge is -2.31. The average molecular weight is 324 g/mol. The standard InChI is InChI=1S/C12H18ClNO3S2/c1-9-7-10(18-11(9)13)19(16,17)14-8-12(15)5-3-2-4-6-12/h7,14-15H,2-6,8H2,1H3. The molecule has 2 N–H and O–H groups in total. The van der Waals surface area contributed by atoms with Gasteiger partial charge < -0.3 is 5.11 Å². The van der Waals surface area contributed by atoms with Crippen LogP contribution in [0.25, 0.3) is 0 Å². The number of rotatable bonds is 4. The van der Waals surface area contributed by atoms with Gasteiger partial charge in [0.05, 0.1) is 9.94 Å². The first-order chi connectivity index (χ1) is 8.82. The molecular formula is C12H18ClNO3S2. The molecule has 4 nitrogen and oxygen atoms in total. The molecule has 2 rings (SSSR count). The molecule has 1 aromatic heterocycles. The third-order valence-electron chi connectivity index (χ3n) is 3.47. The minimum absolute atomic E-state index is 0.0733. The maximum absolute atomic E-state index is 12.1. The average Bonchev–Trinajstić information content (AvgIpc) is 2.69. The second-order valence-electron chi connectivity index (χ2n) is 5.13. The van der Waals surface area contributed by atoms with Crippen LogP contribution in [0.15, 0.2) is 10.3 Å². The van der Waals surface area contributed by atoms with Crippen LogP contribution < -0.4 is 4.72 Å². The predicted octanol–water partition coefficient (Wildman–Crippen LogP) is 2.68. The fraction of sp³-hybridized carbons (Fsp3) is 0.667. The first kappa shape index (κ1) is 15.3. The smallest absolute Gasteiger partial charge is 0.250 e. The SMILES string of the molecule is Cc1cc(S(=O)(=O)NCC2(O)CCCCC2)sc1Cl. The Labute approximate surface area is 122 Å². The highest BCUT2D eigenvalue weighted by molar-refractivity contribution is 7.91. The van der Waals surface area contributed by atoms with Crippen molar-refractivity contribution in [1.82, 2.24) is 4.72 Å². The van der Waals surface area contributed by atoms with Crippen LogP contribution in [0.5, 0.6) is 0 Å². The molecule has 1 aliphatic carbocycles. The van der Waals surface area contributed by atoms with Crippen molar-refractivity contribution in [2.75, 3.05) is 6.54 Å². The van der Waals surface area contributed by atoms with Crippen molar-refractivity contribution in [1.29, 1.82) is 0 Å². The molecule has 1 heterocycles. The number of thiophene rings is 1. The monoisotopic (exact) mass is 323 g/mol. The van der Waals surface area contributed by atoms with Crippen LogP contribution in [0, 0.1) is 6.92 Å². The normalized spacial score (nSPS) is 19.5. The molecule has 0 amide bonds. The van der Waals surface area contributed by atoms with Crippen molar-refractivity contribution < 1.29 is 13.5 Å². The van der Waals surface area contributed by atoms with Crippen molar-refractivity contribution in [3.63, 3.8) is 0 Å². The second-order valence-corrected chi connectivity index (χ2v) is 8.78. The van der Waals surface area contributed by atoms with E-state index in [2.05, 4.69) is 4.72 Å². The zero-order valence-electron chi connectivity index (χ0n) is 10.8. The van der Waals surface area contributed by atoms with Gasteiger partial charge in [-0.2, -0.15) is 0 Å². The van der Waals surface area contributed by atoms with Crippen LogP contribution >= 0.6 is 22.9 Å². The van der Waals surface area contributed by atoms with E-state index in [9.17, 15) is 13.5 Å². The zero-order chi connectivity index (χ0) is 14.1. The first-order valence-electron chi connectivity index (χ1n) is 6.30. The number of halogens is 1. The number of sulfonamides is 1. The quantitative estimate of drug-likeness (QED) is 0.895. The Hall–Kier alpha value is -0.140. The van der Waals surface area contributed by atoms with Gasteiger partial charge >= 0.3 is 0 Å². The van der Waals surface area contributed by atoms with Crippen molar-refractivity contribution >= 4 is 33.0 Å². The van der Waals surface area contributed by atoms with Gasteiger partial charge in [-0.1, -0.05) is 30.9 Å². The van der Waals surface area contributed by atoms with Crippen LogP contribution in [-0.4, -0.2) is 25.7 Å². The van der Waals surface area contributed by atoms with Crippen LogP contribution in [0.3, 0.4) is 0 Å². The van der Waals surface area contributed by atoms with Gasteiger partial charge in [-0.25, -0.2) is 13.1 Å². The van der Waals surface area contributed by atoms with Crippen molar-refractivity contribution in [3.05, 3.63) is 16.0 Å². The Morgan fingerprint density at radius 3 is 2.58 bits per heavy atom. The zero-order valence-corrected chi connectivity index (χ0v) is 13.2. The van der Waals surface area contributed by atoms with E-state index in [-0.39, 0.29) is 10.8 Å². The largest absolute Gasteiger partial charge is 0.389 e. The van der Waals surface area contributed by atoms with Gasteiger partial charge in [0.2, 0.25) is 10.0 Å². The molecule has 0 saturated heterocycles. The Morgan fingerprint density at radius 1 is 1.42 bits per heavy atom. The summed E-state index contributed by atoms with van der Waals surface area (Å²) in [6, 6.07) is 1.56. The molecule has 0 radical (unpaired) electrons. The summed E-state index contributed by atoms with van der Waals surface area (Å²) in [6.07, 6.45) is 4.30. The highest BCUT2D eigenvalue weighted by Crippen LogP contribution is 2.31. The summed E-state index contributed by atoms with van der Waals surface area (Å²) < 4.78 is 27.4. The van der Waals surface area contributed by atoms with E-state index in [1.807, 2.05) is 0 Å². The van der Waals surface area contributed by atoms with Crippen LogP contribution in [-0.2, 0) is 10.0 Å². The third kappa shape index (κ3) is 3.70. The van der Waals surface area contributed by atoms with Gasteiger partial charge in [-0.15, -0.1) is 11.3 Å². The van der Waals surface area contributed by atoms with E-state index in [0.29, 0.717) is 17.2 Å². The maximum atomic E-state index is 12.1. The lowest BCUT2D eigenvalue weighted by molar-refractivity contribution is 0.00946. The number of aryl methyl sites for hydroxylation is 1. The van der Waals surface area contributed by atoms with E-state index in [1.165, 1.54) is 0 Å². The molecule has 1 saturated carbocycles. The Bertz CT molecular complexity index is 528. The minimum atomic E-state index is -3.58. The fourth-order valence-electron chi connectivity index (χ4n) is 2.25. The van der Waals surface area contributed by atoms with E-state index in [4.69, 9.17) is 11.6 Å². The molecule has 1 fully saturated rings. The summed E-state index contributed by atoms with van der Waals surface area (Å²) in [5.41, 5.74) is -0.148. The maximum Gasteiger partial charge on any atom is 0.250 e. The summed E-state index contributed by atoms with van der Waals surface area (Å²) in [5, 5.41) is 10.3. The number of hydrogen-bond donors (Lipinski definition) is 2. The van der Waals surface area contributed by atoms with E-state index >= 15 is 0 Å². The molecule has 7 heteroatoms. The molecule has 19 heavy (non-hydrogen) atoms. The highest BCUT2D eigenvalue weighted by Gasteiger charge is 2.31. The topological polar surface area (TPSA) is 66.4 Å². The lowest BCUT2D eigenvalue weighted by atomic mass is 9.85. The van der Waals surface area contributed by atoms with Gasteiger partial charge in [0, 0.05) is 6.54 Å². The molecule has 0 aliphatic heterocycles. The van der Waals surface area contributed by atoms with Gasteiger partial charge in [0.1, 0.15) is 4.21 Å². The van der Waals surface area contributed by atoms with Crippen molar-refractivity contribution in [2.24, 2.45) is 0 Å². The van der Waals surface area contributed by atoms with Gasteiger partial charge in [0.25, 0.3) is 0 Å². The fourth-order valence-corrected chi connectivity index (χ4v) is 5.12. The first-order valence-corrected chi connectivity index (χ1v) is 8.98. The molecule has 0 aromatic carbocycles. The Morgan fingerprint density at radius 2 is 2.05 bits per heavy atom. The molecule has 0 spiro atoms. The van der Waals surface area contributed by atoms with E-state index in [1.54, 1.807) is 13.0 Å². The van der Waals surface area contributed by atoms with Gasteiger partial charge in [0.15, 0.2) is 0 Å². The molecule has 1 aromatic rings. The second kappa shape index (κ2) is 5.69. The van der Waals surface area contributed by atoms with E-state index in [0.717, 1.165) is 36.2 Å². The molecule has 0 bridgehead atoms.